The Bertz CT molecular complexity index is 737. The van der Waals surface area contributed by atoms with Crippen LogP contribution in [0.1, 0.15) is 17.5 Å². The van der Waals surface area contributed by atoms with Crippen LogP contribution in [0.15, 0.2) is 48.5 Å². The van der Waals surface area contributed by atoms with E-state index in [4.69, 9.17) is 0 Å². The molecule has 0 aliphatic rings. The molecule has 26 heavy (non-hydrogen) atoms. The highest BCUT2D eigenvalue weighted by Gasteiger charge is 2.13. The van der Waals surface area contributed by atoms with Crippen LogP contribution < -0.4 is 10.2 Å². The summed E-state index contributed by atoms with van der Waals surface area (Å²) in [7, 11) is 5.65. The van der Waals surface area contributed by atoms with Crippen molar-refractivity contribution in [3.8, 4) is 0 Å². The normalized spacial score (nSPS) is 10.3. The van der Waals surface area contributed by atoms with Crippen LogP contribution in [-0.4, -0.2) is 44.4 Å². The zero-order valence-corrected chi connectivity index (χ0v) is 16.0. The van der Waals surface area contributed by atoms with Gasteiger partial charge in [-0.1, -0.05) is 29.8 Å². The first-order chi connectivity index (χ1) is 12.3. The van der Waals surface area contributed by atoms with E-state index >= 15 is 0 Å². The van der Waals surface area contributed by atoms with E-state index in [1.54, 1.807) is 7.05 Å². The van der Waals surface area contributed by atoms with Gasteiger partial charge >= 0.3 is 0 Å². The number of aryl methyl sites for hydroxylation is 2. The number of benzene rings is 2. The van der Waals surface area contributed by atoms with Gasteiger partial charge in [-0.05, 0) is 43.2 Å². The van der Waals surface area contributed by atoms with E-state index in [1.165, 1.54) is 4.90 Å². The molecule has 0 saturated heterocycles. The van der Waals surface area contributed by atoms with Gasteiger partial charge in [-0.3, -0.25) is 9.59 Å². The van der Waals surface area contributed by atoms with Crippen LogP contribution in [0.3, 0.4) is 0 Å². The third-order valence-electron chi connectivity index (χ3n) is 4.22. The lowest BCUT2D eigenvalue weighted by Gasteiger charge is -2.17. The van der Waals surface area contributed by atoms with E-state index in [1.807, 2.05) is 74.4 Å². The lowest BCUT2D eigenvalue weighted by atomic mass is 10.1. The van der Waals surface area contributed by atoms with Gasteiger partial charge in [-0.2, -0.15) is 0 Å². The van der Waals surface area contributed by atoms with Crippen LogP contribution in [0, 0.1) is 6.92 Å². The average Bonchev–Trinajstić information content (AvgIpc) is 2.61. The summed E-state index contributed by atoms with van der Waals surface area (Å²) in [6.45, 7) is 2.04. The monoisotopic (exact) mass is 353 g/mol. The van der Waals surface area contributed by atoms with Crippen molar-refractivity contribution in [3.63, 3.8) is 0 Å². The Morgan fingerprint density at radius 1 is 0.923 bits per heavy atom. The van der Waals surface area contributed by atoms with E-state index < -0.39 is 0 Å². The zero-order valence-electron chi connectivity index (χ0n) is 16.0. The van der Waals surface area contributed by atoms with Gasteiger partial charge in [0, 0.05) is 38.9 Å². The Kier molecular flexibility index (Phi) is 6.78. The summed E-state index contributed by atoms with van der Waals surface area (Å²) in [5, 5.41) is 2.81. The number of carbonyl (C=O) groups excluding carboxylic acids is 2. The van der Waals surface area contributed by atoms with Gasteiger partial charge < -0.3 is 15.1 Å². The highest BCUT2D eigenvalue weighted by Crippen LogP contribution is 2.14. The minimum atomic E-state index is -0.194. The first-order valence-electron chi connectivity index (χ1n) is 8.72. The number of carbonyl (C=O) groups is 2. The predicted octanol–water partition coefficient (Wildman–Crippen LogP) is 3.09. The first-order valence-corrected chi connectivity index (χ1v) is 8.72. The Morgan fingerprint density at radius 3 is 2.12 bits per heavy atom. The van der Waals surface area contributed by atoms with Crippen molar-refractivity contribution in [2.75, 3.05) is 37.9 Å². The van der Waals surface area contributed by atoms with Crippen molar-refractivity contribution in [2.45, 2.75) is 19.8 Å². The molecule has 5 nitrogen and oxygen atoms in total. The molecule has 0 aliphatic heterocycles. The molecule has 5 heteroatoms. The average molecular weight is 353 g/mol. The third kappa shape index (κ3) is 5.92. The van der Waals surface area contributed by atoms with E-state index in [9.17, 15) is 9.59 Å². The molecule has 0 unspecified atom stereocenters. The second kappa shape index (κ2) is 9.04. The molecule has 0 radical (unpaired) electrons. The molecule has 0 atom stereocenters. The first kappa shape index (κ1) is 19.5. The molecule has 2 aromatic rings. The van der Waals surface area contributed by atoms with Crippen LogP contribution >= 0.6 is 0 Å². The summed E-state index contributed by atoms with van der Waals surface area (Å²) in [6.07, 6.45) is 1.05. The van der Waals surface area contributed by atoms with Crippen molar-refractivity contribution < 1.29 is 9.59 Å². The van der Waals surface area contributed by atoms with E-state index in [0.717, 1.165) is 22.5 Å². The molecule has 0 fully saturated rings. The van der Waals surface area contributed by atoms with Gasteiger partial charge in [0.15, 0.2) is 0 Å². The molecule has 0 heterocycles. The van der Waals surface area contributed by atoms with E-state index in [0.29, 0.717) is 12.8 Å². The minimum Gasteiger partial charge on any atom is -0.378 e. The van der Waals surface area contributed by atoms with Crippen LogP contribution in [0.5, 0.6) is 0 Å². The van der Waals surface area contributed by atoms with E-state index in [-0.39, 0.29) is 18.4 Å². The van der Waals surface area contributed by atoms with Crippen molar-refractivity contribution in [3.05, 3.63) is 59.7 Å². The topological polar surface area (TPSA) is 52.7 Å². The lowest BCUT2D eigenvalue weighted by molar-refractivity contribution is -0.133. The molecule has 0 bridgehead atoms. The molecule has 138 valence electrons. The van der Waals surface area contributed by atoms with E-state index in [2.05, 4.69) is 5.32 Å². The highest BCUT2D eigenvalue weighted by atomic mass is 16.2. The molecule has 0 saturated carbocycles. The molecule has 2 rings (SSSR count). The fraction of sp³-hybridized carbons (Fsp3) is 0.333. The maximum Gasteiger partial charge on any atom is 0.243 e. The van der Waals surface area contributed by atoms with Crippen molar-refractivity contribution in [1.82, 2.24) is 4.90 Å². The molecule has 2 amide bonds. The Balaban J connectivity index is 1.79. The fourth-order valence-electron chi connectivity index (χ4n) is 2.54. The highest BCUT2D eigenvalue weighted by molar-refractivity contribution is 5.94. The molecule has 0 aliphatic carbocycles. The number of hydrogen-bond acceptors (Lipinski definition) is 3. The lowest BCUT2D eigenvalue weighted by Crippen LogP contribution is -2.35. The molecule has 2 aromatic carbocycles. The van der Waals surface area contributed by atoms with Crippen molar-refractivity contribution in [1.29, 1.82) is 0 Å². The summed E-state index contributed by atoms with van der Waals surface area (Å²) in [6, 6.07) is 15.7. The SMILES string of the molecule is Cc1ccc(NC(=O)CN(C)C(=O)CCc2ccc(N(C)C)cc2)cc1. The molecule has 0 spiro atoms. The van der Waals surface area contributed by atoms with Crippen LogP contribution in [0.2, 0.25) is 0 Å². The summed E-state index contributed by atoms with van der Waals surface area (Å²) >= 11 is 0. The Labute approximate surface area is 155 Å². The third-order valence-corrected chi connectivity index (χ3v) is 4.22. The smallest absolute Gasteiger partial charge is 0.243 e. The number of likely N-dealkylation sites (N-methyl/N-ethyl adjacent to an activating group) is 1. The molecular formula is C21H27N3O2. The van der Waals surface area contributed by atoms with Gasteiger partial charge in [0.25, 0.3) is 0 Å². The maximum atomic E-state index is 12.3. The van der Waals surface area contributed by atoms with Gasteiger partial charge in [0.05, 0.1) is 6.54 Å². The number of anilines is 2. The van der Waals surface area contributed by atoms with Gasteiger partial charge in [0.1, 0.15) is 0 Å². The molecule has 1 N–H and O–H groups in total. The minimum absolute atomic E-state index is 0.0410. The Morgan fingerprint density at radius 2 is 1.54 bits per heavy atom. The second-order valence-corrected chi connectivity index (χ2v) is 6.72. The Hall–Kier alpha value is -2.82. The summed E-state index contributed by atoms with van der Waals surface area (Å²) in [5.74, 6) is -0.235. The van der Waals surface area contributed by atoms with Crippen molar-refractivity contribution >= 4 is 23.2 Å². The number of nitrogens with zero attached hydrogens (tertiary/aromatic N) is 2. The van der Waals surface area contributed by atoms with Crippen molar-refractivity contribution in [2.24, 2.45) is 0 Å². The quantitative estimate of drug-likeness (QED) is 0.832. The molecule has 0 aromatic heterocycles. The largest absolute Gasteiger partial charge is 0.378 e. The van der Waals surface area contributed by atoms with Crippen LogP contribution in [0.4, 0.5) is 11.4 Å². The number of amides is 2. The second-order valence-electron chi connectivity index (χ2n) is 6.72. The van der Waals surface area contributed by atoms with Crippen LogP contribution in [0.25, 0.3) is 0 Å². The summed E-state index contributed by atoms with van der Waals surface area (Å²) in [4.78, 5) is 27.8. The summed E-state index contributed by atoms with van der Waals surface area (Å²) in [5.41, 5.74) is 4.11. The zero-order chi connectivity index (χ0) is 19.1. The maximum absolute atomic E-state index is 12.3. The van der Waals surface area contributed by atoms with Gasteiger partial charge in [-0.25, -0.2) is 0 Å². The summed E-state index contributed by atoms with van der Waals surface area (Å²) < 4.78 is 0. The predicted molar refractivity (Wildman–Crippen MR) is 107 cm³/mol. The number of rotatable bonds is 7. The molecular weight excluding hydrogens is 326 g/mol. The van der Waals surface area contributed by atoms with Gasteiger partial charge in [-0.15, -0.1) is 0 Å². The fourth-order valence-corrected chi connectivity index (χ4v) is 2.54. The number of hydrogen-bond donors (Lipinski definition) is 1. The van der Waals surface area contributed by atoms with Gasteiger partial charge in [0.2, 0.25) is 11.8 Å². The standard InChI is InChI=1S/C21H27N3O2/c1-16-5-10-18(11-6-16)22-20(25)15-24(4)21(26)14-9-17-7-12-19(13-8-17)23(2)3/h5-8,10-13H,9,14-15H2,1-4H3,(H,22,25). The van der Waals surface area contributed by atoms with Crippen LogP contribution in [-0.2, 0) is 16.0 Å². The number of nitrogens with one attached hydrogen (secondary N) is 1.